The Morgan fingerprint density at radius 2 is 1.52 bits per heavy atom. The first-order valence-corrected chi connectivity index (χ1v) is 11.8. The molecule has 0 aliphatic heterocycles. The molecule has 31 heavy (non-hydrogen) atoms. The third-order valence-electron chi connectivity index (χ3n) is 4.50. The molecule has 0 unspecified atom stereocenters. The second-order valence-corrected chi connectivity index (χ2v) is 9.88. The van der Waals surface area contributed by atoms with Crippen LogP contribution in [0.4, 0.5) is 0 Å². The maximum atomic E-state index is 13.2. The molecule has 0 aromatic heterocycles. The van der Waals surface area contributed by atoms with E-state index in [1.807, 2.05) is 6.07 Å². The molecule has 162 valence electrons. The Kier molecular flexibility index (Phi) is 7.97. The number of carbonyl (C=O) groups is 1. The number of amides is 1. The van der Waals surface area contributed by atoms with Crippen LogP contribution in [-0.2, 0) is 27.9 Å². The quantitative estimate of drug-likeness (QED) is 0.468. The fourth-order valence-corrected chi connectivity index (χ4v) is 4.93. The highest BCUT2D eigenvalue weighted by Crippen LogP contribution is 2.25. The van der Waals surface area contributed by atoms with Crippen molar-refractivity contribution in [2.75, 3.05) is 6.54 Å². The fraction of sp³-hybridized carbons (Fsp3) is 0.136. The first-order valence-electron chi connectivity index (χ1n) is 9.26. The van der Waals surface area contributed by atoms with Crippen LogP contribution in [0.5, 0.6) is 0 Å². The molecule has 0 spiro atoms. The molecule has 0 aliphatic rings. The van der Waals surface area contributed by atoms with Crippen LogP contribution in [0.25, 0.3) is 0 Å². The molecular weight excluding hydrogens is 479 g/mol. The van der Waals surface area contributed by atoms with Gasteiger partial charge in [-0.2, -0.15) is 4.31 Å². The lowest BCUT2D eigenvalue weighted by atomic mass is 10.2. The van der Waals surface area contributed by atoms with Crippen molar-refractivity contribution in [3.63, 3.8) is 0 Å². The highest BCUT2D eigenvalue weighted by molar-refractivity contribution is 7.89. The van der Waals surface area contributed by atoms with Gasteiger partial charge in [0.2, 0.25) is 15.9 Å². The highest BCUT2D eigenvalue weighted by Gasteiger charge is 2.27. The first kappa shape index (κ1) is 23.6. The standard InChI is InChI=1S/C22H19Cl3N2O3S/c23-18-11-10-17(21(25)12-18)14-27(31(29,30)19-7-2-1-3-8-19)15-22(28)26-13-16-6-4-5-9-20(16)24/h1-12H,13-15H2,(H,26,28). The Balaban J connectivity index is 1.83. The van der Waals surface area contributed by atoms with Gasteiger partial charge in [-0.05, 0) is 41.5 Å². The highest BCUT2D eigenvalue weighted by atomic mass is 35.5. The molecule has 3 aromatic rings. The van der Waals surface area contributed by atoms with Crippen LogP contribution >= 0.6 is 34.8 Å². The van der Waals surface area contributed by atoms with Crippen molar-refractivity contribution in [1.29, 1.82) is 0 Å². The molecular formula is C22H19Cl3N2O3S. The maximum Gasteiger partial charge on any atom is 0.243 e. The molecule has 3 aromatic carbocycles. The summed E-state index contributed by atoms with van der Waals surface area (Å²) in [5.41, 5.74) is 1.26. The van der Waals surface area contributed by atoms with E-state index < -0.39 is 15.9 Å². The van der Waals surface area contributed by atoms with E-state index in [4.69, 9.17) is 34.8 Å². The number of nitrogens with one attached hydrogen (secondary N) is 1. The third-order valence-corrected chi connectivity index (χ3v) is 7.26. The smallest absolute Gasteiger partial charge is 0.243 e. The predicted octanol–water partition coefficient (Wildman–Crippen LogP) is 5.15. The van der Waals surface area contributed by atoms with Crippen LogP contribution < -0.4 is 5.32 Å². The minimum Gasteiger partial charge on any atom is -0.351 e. The summed E-state index contributed by atoms with van der Waals surface area (Å²) in [6, 6.07) is 19.8. The zero-order valence-corrected chi connectivity index (χ0v) is 19.3. The second kappa shape index (κ2) is 10.5. The average Bonchev–Trinajstić information content (AvgIpc) is 2.75. The van der Waals surface area contributed by atoms with Gasteiger partial charge in [-0.25, -0.2) is 8.42 Å². The molecule has 1 N–H and O–H groups in total. The Morgan fingerprint density at radius 3 is 2.19 bits per heavy atom. The molecule has 3 rings (SSSR count). The zero-order valence-electron chi connectivity index (χ0n) is 16.3. The predicted molar refractivity (Wildman–Crippen MR) is 124 cm³/mol. The van der Waals surface area contributed by atoms with E-state index in [0.717, 1.165) is 9.87 Å². The first-order chi connectivity index (χ1) is 14.8. The molecule has 0 saturated carbocycles. The Bertz CT molecular complexity index is 1170. The Morgan fingerprint density at radius 1 is 0.839 bits per heavy atom. The van der Waals surface area contributed by atoms with E-state index in [9.17, 15) is 13.2 Å². The molecule has 0 radical (unpaired) electrons. The van der Waals surface area contributed by atoms with Crippen LogP contribution in [0.2, 0.25) is 15.1 Å². The number of nitrogens with zero attached hydrogens (tertiary/aromatic N) is 1. The van der Waals surface area contributed by atoms with Crippen LogP contribution in [0.15, 0.2) is 77.7 Å². The lowest BCUT2D eigenvalue weighted by Crippen LogP contribution is -2.40. The molecule has 9 heteroatoms. The largest absolute Gasteiger partial charge is 0.351 e. The number of sulfonamides is 1. The third kappa shape index (κ3) is 6.21. The van der Waals surface area contributed by atoms with Crippen molar-refractivity contribution < 1.29 is 13.2 Å². The average molecular weight is 498 g/mol. The van der Waals surface area contributed by atoms with E-state index in [0.29, 0.717) is 20.6 Å². The van der Waals surface area contributed by atoms with Gasteiger partial charge in [-0.15, -0.1) is 0 Å². The number of hydrogen-bond donors (Lipinski definition) is 1. The summed E-state index contributed by atoms with van der Waals surface area (Å²) in [5, 5.41) is 3.99. The Labute approximate surface area is 196 Å². The van der Waals surface area contributed by atoms with Crippen molar-refractivity contribution in [3.05, 3.63) is 99.0 Å². The summed E-state index contributed by atoms with van der Waals surface area (Å²) in [4.78, 5) is 12.7. The molecule has 0 aliphatic carbocycles. The van der Waals surface area contributed by atoms with Gasteiger partial charge < -0.3 is 5.32 Å². The number of carbonyl (C=O) groups excluding carboxylic acids is 1. The minimum atomic E-state index is -3.96. The van der Waals surface area contributed by atoms with E-state index in [1.165, 1.54) is 18.2 Å². The van der Waals surface area contributed by atoms with Crippen molar-refractivity contribution in [3.8, 4) is 0 Å². The van der Waals surface area contributed by atoms with Gasteiger partial charge >= 0.3 is 0 Å². The van der Waals surface area contributed by atoms with Crippen molar-refractivity contribution >= 4 is 50.7 Å². The summed E-state index contributed by atoms with van der Waals surface area (Å²) >= 11 is 18.3. The molecule has 0 saturated heterocycles. The zero-order chi connectivity index (χ0) is 22.4. The van der Waals surface area contributed by atoms with E-state index in [2.05, 4.69) is 5.32 Å². The summed E-state index contributed by atoms with van der Waals surface area (Å²) < 4.78 is 27.6. The summed E-state index contributed by atoms with van der Waals surface area (Å²) in [7, 11) is -3.96. The van der Waals surface area contributed by atoms with Gasteiger partial charge in [-0.3, -0.25) is 4.79 Å². The summed E-state index contributed by atoms with van der Waals surface area (Å²) in [6.45, 7) is -0.299. The lowest BCUT2D eigenvalue weighted by molar-refractivity contribution is -0.121. The van der Waals surface area contributed by atoms with Gasteiger partial charge in [-0.1, -0.05) is 77.3 Å². The maximum absolute atomic E-state index is 13.2. The molecule has 5 nitrogen and oxygen atoms in total. The fourth-order valence-electron chi connectivity index (χ4n) is 2.86. The van der Waals surface area contributed by atoms with Crippen LogP contribution in [-0.4, -0.2) is 25.2 Å². The lowest BCUT2D eigenvalue weighted by Gasteiger charge is -2.22. The molecule has 0 bridgehead atoms. The van der Waals surface area contributed by atoms with E-state index >= 15 is 0 Å². The van der Waals surface area contributed by atoms with E-state index in [-0.39, 0.29) is 24.5 Å². The molecule has 0 fully saturated rings. The van der Waals surface area contributed by atoms with Gasteiger partial charge in [0.15, 0.2) is 0 Å². The second-order valence-electron chi connectivity index (χ2n) is 6.69. The van der Waals surface area contributed by atoms with Crippen LogP contribution in [0.3, 0.4) is 0 Å². The topological polar surface area (TPSA) is 66.5 Å². The summed E-state index contributed by atoms with van der Waals surface area (Å²) in [5.74, 6) is -0.468. The summed E-state index contributed by atoms with van der Waals surface area (Å²) in [6.07, 6.45) is 0. The number of halogens is 3. The van der Waals surface area contributed by atoms with Gasteiger partial charge in [0.1, 0.15) is 0 Å². The van der Waals surface area contributed by atoms with Crippen molar-refractivity contribution in [1.82, 2.24) is 9.62 Å². The van der Waals surface area contributed by atoms with Gasteiger partial charge in [0, 0.05) is 28.2 Å². The van der Waals surface area contributed by atoms with Crippen molar-refractivity contribution in [2.45, 2.75) is 18.0 Å². The van der Waals surface area contributed by atoms with Crippen LogP contribution in [0, 0.1) is 0 Å². The van der Waals surface area contributed by atoms with Gasteiger partial charge in [0.05, 0.1) is 11.4 Å². The van der Waals surface area contributed by atoms with Crippen molar-refractivity contribution in [2.24, 2.45) is 0 Å². The number of rotatable bonds is 8. The normalized spacial score (nSPS) is 11.5. The monoisotopic (exact) mass is 496 g/mol. The molecule has 1 amide bonds. The van der Waals surface area contributed by atoms with Gasteiger partial charge in [0.25, 0.3) is 0 Å². The number of hydrogen-bond acceptors (Lipinski definition) is 3. The van der Waals surface area contributed by atoms with E-state index in [1.54, 1.807) is 48.5 Å². The SMILES string of the molecule is O=C(CN(Cc1ccc(Cl)cc1Cl)S(=O)(=O)c1ccccc1)NCc1ccccc1Cl. The van der Waals surface area contributed by atoms with Crippen LogP contribution in [0.1, 0.15) is 11.1 Å². The Hall–Kier alpha value is -2.09. The molecule has 0 atom stereocenters. The number of benzene rings is 3. The minimum absolute atomic E-state index is 0.0824. The molecule has 0 heterocycles.